The van der Waals surface area contributed by atoms with Crippen LogP contribution in [0.15, 0.2) is 53.5 Å². The molecule has 0 saturated heterocycles. The standard InChI is InChI=1S/C16H19N3/c1-11-8-9-14(10-12(11)2)19-16(18)15(17)13-6-4-3-5-7-13/h3-10,15H,17H2,1-2H3,(H2,18,19). The Kier molecular flexibility index (Phi) is 3.97. The third-order valence-electron chi connectivity index (χ3n) is 3.23. The minimum absolute atomic E-state index is 0.372. The fraction of sp³-hybridized carbons (Fsp3) is 0.188. The zero-order chi connectivity index (χ0) is 13.8. The van der Waals surface area contributed by atoms with E-state index in [2.05, 4.69) is 18.8 Å². The van der Waals surface area contributed by atoms with Gasteiger partial charge < -0.3 is 11.5 Å². The van der Waals surface area contributed by atoms with Crippen LogP contribution < -0.4 is 11.5 Å². The van der Waals surface area contributed by atoms with E-state index in [1.54, 1.807) is 0 Å². The van der Waals surface area contributed by atoms with Gasteiger partial charge in [-0.05, 0) is 42.7 Å². The van der Waals surface area contributed by atoms with E-state index in [-0.39, 0.29) is 6.04 Å². The van der Waals surface area contributed by atoms with Crippen molar-refractivity contribution in [2.24, 2.45) is 16.5 Å². The molecule has 98 valence electrons. The van der Waals surface area contributed by atoms with Crippen LogP contribution in [0.25, 0.3) is 0 Å². The molecule has 1 unspecified atom stereocenters. The Morgan fingerprint density at radius 2 is 1.68 bits per heavy atom. The maximum Gasteiger partial charge on any atom is 0.121 e. The molecule has 3 heteroatoms. The molecule has 0 heterocycles. The lowest BCUT2D eigenvalue weighted by Gasteiger charge is -2.11. The molecule has 0 radical (unpaired) electrons. The van der Waals surface area contributed by atoms with Gasteiger partial charge in [-0.2, -0.15) is 0 Å². The quantitative estimate of drug-likeness (QED) is 0.652. The van der Waals surface area contributed by atoms with Crippen molar-refractivity contribution in [3.8, 4) is 0 Å². The van der Waals surface area contributed by atoms with E-state index < -0.39 is 0 Å². The van der Waals surface area contributed by atoms with E-state index in [1.807, 2.05) is 48.5 Å². The fourth-order valence-corrected chi connectivity index (χ4v) is 1.84. The molecule has 0 aliphatic carbocycles. The second-order valence-electron chi connectivity index (χ2n) is 4.69. The predicted molar refractivity (Wildman–Crippen MR) is 80.6 cm³/mol. The van der Waals surface area contributed by atoms with Crippen LogP contribution in [0.3, 0.4) is 0 Å². The van der Waals surface area contributed by atoms with Crippen LogP contribution in [-0.2, 0) is 0 Å². The maximum atomic E-state index is 6.10. The average Bonchev–Trinajstić information content (AvgIpc) is 2.43. The molecule has 0 amide bonds. The van der Waals surface area contributed by atoms with Gasteiger partial charge in [-0.25, -0.2) is 4.99 Å². The molecule has 3 nitrogen and oxygen atoms in total. The molecule has 1 atom stereocenters. The number of aryl methyl sites for hydroxylation is 2. The monoisotopic (exact) mass is 253 g/mol. The normalized spacial score (nSPS) is 13.3. The van der Waals surface area contributed by atoms with E-state index in [4.69, 9.17) is 11.5 Å². The van der Waals surface area contributed by atoms with Crippen LogP contribution in [0.2, 0.25) is 0 Å². The first-order valence-corrected chi connectivity index (χ1v) is 6.30. The lowest BCUT2D eigenvalue weighted by molar-refractivity contribution is 0.947. The first kappa shape index (κ1) is 13.3. The molecule has 19 heavy (non-hydrogen) atoms. The summed E-state index contributed by atoms with van der Waals surface area (Å²) in [6.45, 7) is 4.13. The minimum Gasteiger partial charge on any atom is -0.386 e. The van der Waals surface area contributed by atoms with Gasteiger partial charge in [0, 0.05) is 0 Å². The molecular formula is C16H19N3. The molecule has 4 N–H and O–H groups in total. The van der Waals surface area contributed by atoms with Crippen LogP contribution >= 0.6 is 0 Å². The zero-order valence-corrected chi connectivity index (χ0v) is 11.3. The van der Waals surface area contributed by atoms with Crippen molar-refractivity contribution >= 4 is 11.5 Å². The predicted octanol–water partition coefficient (Wildman–Crippen LogP) is 2.99. The Hall–Kier alpha value is -2.13. The van der Waals surface area contributed by atoms with Gasteiger partial charge in [-0.1, -0.05) is 36.4 Å². The van der Waals surface area contributed by atoms with Gasteiger partial charge in [-0.15, -0.1) is 0 Å². The van der Waals surface area contributed by atoms with Gasteiger partial charge in [0.25, 0.3) is 0 Å². The highest BCUT2D eigenvalue weighted by molar-refractivity contribution is 5.89. The Bertz CT molecular complexity index is 588. The second kappa shape index (κ2) is 5.67. The van der Waals surface area contributed by atoms with Gasteiger partial charge in [0.1, 0.15) is 5.84 Å². The summed E-state index contributed by atoms with van der Waals surface area (Å²) >= 11 is 0. The van der Waals surface area contributed by atoms with Gasteiger partial charge in [-0.3, -0.25) is 0 Å². The summed E-state index contributed by atoms with van der Waals surface area (Å²) in [6, 6.07) is 15.4. The third kappa shape index (κ3) is 3.20. The molecule has 2 aromatic rings. The van der Waals surface area contributed by atoms with Crippen LogP contribution in [0.5, 0.6) is 0 Å². The van der Waals surface area contributed by atoms with Crippen molar-refractivity contribution in [2.45, 2.75) is 19.9 Å². The van der Waals surface area contributed by atoms with E-state index >= 15 is 0 Å². The summed E-state index contributed by atoms with van der Waals surface area (Å²) in [5, 5.41) is 0. The molecule has 0 fully saturated rings. The Morgan fingerprint density at radius 1 is 1.00 bits per heavy atom. The third-order valence-corrected chi connectivity index (χ3v) is 3.23. The van der Waals surface area contributed by atoms with E-state index in [0.717, 1.165) is 11.3 Å². The summed E-state index contributed by atoms with van der Waals surface area (Å²) in [6.07, 6.45) is 0. The molecule has 2 aromatic carbocycles. The summed E-state index contributed by atoms with van der Waals surface area (Å²) in [7, 11) is 0. The lowest BCUT2D eigenvalue weighted by atomic mass is 10.1. The smallest absolute Gasteiger partial charge is 0.121 e. The molecule has 0 aliphatic rings. The minimum atomic E-state index is -0.372. The number of nitrogens with two attached hydrogens (primary N) is 2. The molecular weight excluding hydrogens is 234 g/mol. The Balaban J connectivity index is 2.25. The highest BCUT2D eigenvalue weighted by Gasteiger charge is 2.09. The summed E-state index contributed by atoms with van der Waals surface area (Å²) < 4.78 is 0. The first-order valence-electron chi connectivity index (χ1n) is 6.30. The van der Waals surface area contributed by atoms with Crippen molar-refractivity contribution in [2.75, 3.05) is 0 Å². The van der Waals surface area contributed by atoms with Crippen molar-refractivity contribution in [3.05, 3.63) is 65.2 Å². The lowest BCUT2D eigenvalue weighted by Crippen LogP contribution is -2.28. The maximum absolute atomic E-state index is 6.10. The highest BCUT2D eigenvalue weighted by Crippen LogP contribution is 2.19. The number of amidine groups is 1. The zero-order valence-electron chi connectivity index (χ0n) is 11.3. The number of nitrogens with zero attached hydrogens (tertiary/aromatic N) is 1. The highest BCUT2D eigenvalue weighted by atomic mass is 14.9. The number of aliphatic imine (C=N–C) groups is 1. The van der Waals surface area contributed by atoms with Gasteiger partial charge in [0.15, 0.2) is 0 Å². The van der Waals surface area contributed by atoms with Crippen molar-refractivity contribution in [1.82, 2.24) is 0 Å². The molecule has 0 bridgehead atoms. The van der Waals surface area contributed by atoms with Crippen LogP contribution in [0, 0.1) is 13.8 Å². The summed E-state index contributed by atoms with van der Waals surface area (Å²) in [5.74, 6) is 0.425. The molecule has 0 saturated carbocycles. The number of benzene rings is 2. The molecule has 0 spiro atoms. The number of hydrogen-bond donors (Lipinski definition) is 2. The molecule has 0 aliphatic heterocycles. The van der Waals surface area contributed by atoms with Crippen molar-refractivity contribution < 1.29 is 0 Å². The van der Waals surface area contributed by atoms with Gasteiger partial charge >= 0.3 is 0 Å². The number of rotatable bonds is 3. The van der Waals surface area contributed by atoms with Crippen LogP contribution in [0.4, 0.5) is 5.69 Å². The van der Waals surface area contributed by atoms with Crippen LogP contribution in [-0.4, -0.2) is 5.84 Å². The van der Waals surface area contributed by atoms with E-state index in [9.17, 15) is 0 Å². The first-order chi connectivity index (χ1) is 9.08. The molecule has 2 rings (SSSR count). The Labute approximate surface area is 114 Å². The SMILES string of the molecule is Cc1ccc(N=C(N)C(N)c2ccccc2)cc1C. The summed E-state index contributed by atoms with van der Waals surface area (Å²) in [5.41, 5.74) is 16.3. The number of hydrogen-bond acceptors (Lipinski definition) is 2. The van der Waals surface area contributed by atoms with E-state index in [1.165, 1.54) is 11.1 Å². The summed E-state index contributed by atoms with van der Waals surface area (Å²) in [4.78, 5) is 4.41. The van der Waals surface area contributed by atoms with Gasteiger partial charge in [0.2, 0.25) is 0 Å². The van der Waals surface area contributed by atoms with Crippen molar-refractivity contribution in [3.63, 3.8) is 0 Å². The second-order valence-corrected chi connectivity index (χ2v) is 4.69. The van der Waals surface area contributed by atoms with E-state index in [0.29, 0.717) is 5.84 Å². The van der Waals surface area contributed by atoms with Crippen LogP contribution in [0.1, 0.15) is 22.7 Å². The van der Waals surface area contributed by atoms with Crippen molar-refractivity contribution in [1.29, 1.82) is 0 Å². The fourth-order valence-electron chi connectivity index (χ4n) is 1.84. The topological polar surface area (TPSA) is 64.4 Å². The molecule has 0 aromatic heterocycles. The largest absolute Gasteiger partial charge is 0.386 e. The average molecular weight is 253 g/mol. The van der Waals surface area contributed by atoms with Gasteiger partial charge in [0.05, 0.1) is 11.7 Å². The Morgan fingerprint density at radius 3 is 2.32 bits per heavy atom.